The van der Waals surface area contributed by atoms with Crippen LogP contribution in [0.25, 0.3) is 0 Å². The highest BCUT2D eigenvalue weighted by atomic mass is 35.5. The molecule has 154 valence electrons. The molecule has 0 amide bonds. The van der Waals surface area contributed by atoms with Crippen molar-refractivity contribution in [3.8, 4) is 6.07 Å². The Kier molecular flexibility index (Phi) is 6.92. The van der Waals surface area contributed by atoms with Crippen molar-refractivity contribution in [2.45, 2.75) is 18.1 Å². The monoisotopic (exact) mass is 415 g/mol. The molecule has 4 nitrogen and oxygen atoms in total. The average Bonchev–Trinajstić information content (AvgIpc) is 2.72. The van der Waals surface area contributed by atoms with Gasteiger partial charge in [0, 0.05) is 37.5 Å². The molecule has 1 N–H and O–H groups in total. The summed E-state index contributed by atoms with van der Waals surface area (Å²) in [6.45, 7) is 2.01. The summed E-state index contributed by atoms with van der Waals surface area (Å²) in [7, 11) is 3.98. The minimum Gasteiger partial charge on any atom is -0.385 e. The third kappa shape index (κ3) is 4.79. The van der Waals surface area contributed by atoms with Crippen LogP contribution in [-0.2, 0) is 5.60 Å². The van der Waals surface area contributed by atoms with Crippen molar-refractivity contribution in [1.82, 2.24) is 9.80 Å². The van der Waals surface area contributed by atoms with Crippen LogP contribution in [0.15, 0.2) is 48.5 Å². The molecule has 3 unspecified atom stereocenters. The maximum absolute atomic E-state index is 13.3. The van der Waals surface area contributed by atoms with Crippen LogP contribution < -0.4 is 0 Å². The fourth-order valence-electron chi connectivity index (χ4n) is 4.30. The van der Waals surface area contributed by atoms with Crippen LogP contribution in [0, 0.1) is 23.1 Å². The van der Waals surface area contributed by atoms with Crippen molar-refractivity contribution < 1.29 is 9.50 Å². The standard InChI is InChI=1S/C23H27ClFN3O/c1-27(2)15-20-16-28(22(13-24)18-6-8-21(25)9-7-18)11-10-23(20,29)19-5-3-4-17(12-19)14-26/h3-9,12,20,22,29H,10-11,13,15-16H2,1-2H3. The average molecular weight is 416 g/mol. The second-order valence-electron chi connectivity index (χ2n) is 8.04. The van der Waals surface area contributed by atoms with Gasteiger partial charge in [-0.15, -0.1) is 11.6 Å². The van der Waals surface area contributed by atoms with E-state index in [1.54, 1.807) is 24.3 Å². The lowest BCUT2D eigenvalue weighted by Crippen LogP contribution is -2.54. The molecule has 0 radical (unpaired) electrons. The van der Waals surface area contributed by atoms with Crippen molar-refractivity contribution >= 4 is 11.6 Å². The van der Waals surface area contributed by atoms with E-state index in [0.29, 0.717) is 37.5 Å². The Morgan fingerprint density at radius 1 is 1.31 bits per heavy atom. The fraction of sp³-hybridized carbons (Fsp3) is 0.435. The number of hydrogen-bond acceptors (Lipinski definition) is 4. The van der Waals surface area contributed by atoms with E-state index >= 15 is 0 Å². The number of alkyl halides is 1. The summed E-state index contributed by atoms with van der Waals surface area (Å²) in [4.78, 5) is 4.35. The minimum atomic E-state index is -1.02. The lowest BCUT2D eigenvalue weighted by Gasteiger charge is -2.48. The van der Waals surface area contributed by atoms with Gasteiger partial charge in [0.05, 0.1) is 17.2 Å². The Labute approximate surface area is 177 Å². The van der Waals surface area contributed by atoms with Crippen LogP contribution in [0.2, 0.25) is 0 Å². The predicted octanol–water partition coefficient (Wildman–Crippen LogP) is 3.75. The lowest BCUT2D eigenvalue weighted by atomic mass is 9.75. The number of piperidine rings is 1. The Balaban J connectivity index is 1.90. The van der Waals surface area contributed by atoms with E-state index in [-0.39, 0.29) is 17.8 Å². The molecule has 1 saturated heterocycles. The molecule has 1 heterocycles. The maximum atomic E-state index is 13.3. The molecule has 0 aromatic heterocycles. The van der Waals surface area contributed by atoms with E-state index in [1.807, 2.05) is 26.2 Å². The minimum absolute atomic E-state index is 0.0445. The summed E-state index contributed by atoms with van der Waals surface area (Å²) >= 11 is 6.31. The lowest BCUT2D eigenvalue weighted by molar-refractivity contribution is -0.0914. The zero-order valence-corrected chi connectivity index (χ0v) is 17.6. The number of nitriles is 1. The molecule has 6 heteroatoms. The molecule has 0 aliphatic carbocycles. The number of aliphatic hydroxyl groups is 1. The zero-order chi connectivity index (χ0) is 21.0. The van der Waals surface area contributed by atoms with Crippen LogP contribution in [0.3, 0.4) is 0 Å². The SMILES string of the molecule is CN(C)CC1CN(C(CCl)c2ccc(F)cc2)CCC1(O)c1cccc(C#N)c1. The molecule has 1 aliphatic heterocycles. The normalized spacial score (nSPS) is 23.7. The van der Waals surface area contributed by atoms with Crippen molar-refractivity contribution in [1.29, 1.82) is 5.26 Å². The van der Waals surface area contributed by atoms with Crippen LogP contribution in [-0.4, -0.2) is 54.5 Å². The number of rotatable bonds is 6. The third-order valence-corrected chi connectivity index (χ3v) is 6.12. The molecule has 3 atom stereocenters. The van der Waals surface area contributed by atoms with Crippen molar-refractivity contribution in [3.63, 3.8) is 0 Å². The smallest absolute Gasteiger partial charge is 0.123 e. The number of nitrogens with zero attached hydrogens (tertiary/aromatic N) is 3. The molecule has 0 saturated carbocycles. The predicted molar refractivity (Wildman–Crippen MR) is 113 cm³/mol. The zero-order valence-electron chi connectivity index (χ0n) is 16.9. The van der Waals surface area contributed by atoms with E-state index in [0.717, 1.165) is 11.1 Å². The number of benzene rings is 2. The number of likely N-dealkylation sites (tertiary alicyclic amines) is 1. The molecule has 2 aromatic carbocycles. The van der Waals surface area contributed by atoms with E-state index in [4.69, 9.17) is 11.6 Å². The van der Waals surface area contributed by atoms with Crippen molar-refractivity contribution in [2.24, 2.45) is 5.92 Å². The first kappa shape index (κ1) is 21.7. The molecule has 2 aromatic rings. The highest BCUT2D eigenvalue weighted by Gasteiger charge is 2.44. The fourth-order valence-corrected chi connectivity index (χ4v) is 4.67. The highest BCUT2D eigenvalue weighted by molar-refractivity contribution is 6.18. The van der Waals surface area contributed by atoms with Crippen molar-refractivity contribution in [2.75, 3.05) is 39.6 Å². The second kappa shape index (κ2) is 9.23. The molecule has 3 rings (SSSR count). The quantitative estimate of drug-likeness (QED) is 0.730. The van der Waals surface area contributed by atoms with Crippen LogP contribution in [0.5, 0.6) is 0 Å². The Morgan fingerprint density at radius 3 is 2.66 bits per heavy atom. The van der Waals surface area contributed by atoms with Gasteiger partial charge in [0.1, 0.15) is 5.82 Å². The summed E-state index contributed by atoms with van der Waals surface area (Å²) in [6.07, 6.45) is 0.537. The molecule has 0 bridgehead atoms. The van der Waals surface area contributed by atoms with Gasteiger partial charge in [0.2, 0.25) is 0 Å². The van der Waals surface area contributed by atoms with E-state index in [9.17, 15) is 14.8 Å². The summed E-state index contributed by atoms with van der Waals surface area (Å²) in [5.41, 5.74) is 1.29. The van der Waals surface area contributed by atoms with E-state index < -0.39 is 5.60 Å². The van der Waals surface area contributed by atoms with Gasteiger partial charge in [0.25, 0.3) is 0 Å². The summed E-state index contributed by atoms with van der Waals surface area (Å²) in [6, 6.07) is 15.9. The number of halogens is 2. The first-order valence-corrected chi connectivity index (χ1v) is 10.3. The van der Waals surface area contributed by atoms with Gasteiger partial charge in [-0.2, -0.15) is 5.26 Å². The highest BCUT2D eigenvalue weighted by Crippen LogP contribution is 2.40. The third-order valence-electron chi connectivity index (χ3n) is 5.83. The van der Waals surface area contributed by atoms with Gasteiger partial charge in [-0.3, -0.25) is 4.90 Å². The Hall–Kier alpha value is -1.97. The molecular weight excluding hydrogens is 389 g/mol. The van der Waals surface area contributed by atoms with E-state index in [2.05, 4.69) is 15.9 Å². The molecule has 1 fully saturated rings. The molecule has 29 heavy (non-hydrogen) atoms. The van der Waals surface area contributed by atoms with Crippen LogP contribution >= 0.6 is 11.6 Å². The largest absolute Gasteiger partial charge is 0.385 e. The topological polar surface area (TPSA) is 50.5 Å². The molecular formula is C23H27ClFN3O. The van der Waals surface area contributed by atoms with Gasteiger partial charge in [-0.05, 0) is 55.9 Å². The number of hydrogen-bond donors (Lipinski definition) is 1. The van der Waals surface area contributed by atoms with Crippen molar-refractivity contribution in [3.05, 3.63) is 71.0 Å². The molecule has 0 spiro atoms. The summed E-state index contributed by atoms with van der Waals surface area (Å²) < 4.78 is 13.3. The maximum Gasteiger partial charge on any atom is 0.123 e. The summed E-state index contributed by atoms with van der Waals surface area (Å²) in [5, 5.41) is 21.0. The van der Waals surface area contributed by atoms with Gasteiger partial charge in [0.15, 0.2) is 0 Å². The Bertz CT molecular complexity index is 867. The van der Waals surface area contributed by atoms with Gasteiger partial charge in [-0.25, -0.2) is 4.39 Å². The van der Waals surface area contributed by atoms with Gasteiger partial charge < -0.3 is 10.0 Å². The van der Waals surface area contributed by atoms with Gasteiger partial charge in [-0.1, -0.05) is 24.3 Å². The molecule has 1 aliphatic rings. The Morgan fingerprint density at radius 2 is 2.03 bits per heavy atom. The van der Waals surface area contributed by atoms with Crippen LogP contribution in [0.4, 0.5) is 4.39 Å². The van der Waals surface area contributed by atoms with Gasteiger partial charge >= 0.3 is 0 Å². The first-order chi connectivity index (χ1) is 13.9. The second-order valence-corrected chi connectivity index (χ2v) is 8.35. The summed E-state index contributed by atoms with van der Waals surface area (Å²) in [5.74, 6) is 0.0622. The van der Waals surface area contributed by atoms with Crippen LogP contribution in [0.1, 0.15) is 29.2 Å². The van der Waals surface area contributed by atoms with E-state index in [1.165, 1.54) is 12.1 Å². The first-order valence-electron chi connectivity index (χ1n) is 9.80.